The van der Waals surface area contributed by atoms with E-state index in [1.165, 1.54) is 13.5 Å². The van der Waals surface area contributed by atoms with Crippen LogP contribution in [-0.4, -0.2) is 40.8 Å². The van der Waals surface area contributed by atoms with Crippen molar-refractivity contribution in [3.05, 3.63) is 11.6 Å². The van der Waals surface area contributed by atoms with Crippen molar-refractivity contribution in [3.8, 4) is 0 Å². The normalized spacial score (nSPS) is 20.5. The molecule has 82 valence electrons. The average Bonchev–Trinajstić information content (AvgIpc) is 2.88. The van der Waals surface area contributed by atoms with Crippen molar-refractivity contribution in [1.82, 2.24) is 20.5 Å². The molecule has 1 aromatic rings. The van der Waals surface area contributed by atoms with E-state index in [1.54, 1.807) is 0 Å². The molecule has 0 spiro atoms. The molecule has 6 heteroatoms. The summed E-state index contributed by atoms with van der Waals surface area (Å²) in [6.45, 7) is 1.06. The Kier molecular flexibility index (Phi) is 2.96. The van der Waals surface area contributed by atoms with Gasteiger partial charge in [0.2, 0.25) is 0 Å². The Morgan fingerprint density at radius 3 is 3.20 bits per heavy atom. The number of ether oxygens (including phenoxy) is 1. The minimum Gasteiger partial charge on any atom is -0.463 e. The van der Waals surface area contributed by atoms with Crippen molar-refractivity contribution in [2.75, 3.05) is 13.7 Å². The van der Waals surface area contributed by atoms with Gasteiger partial charge in [-0.2, -0.15) is 0 Å². The van der Waals surface area contributed by atoms with Gasteiger partial charge >= 0.3 is 5.97 Å². The van der Waals surface area contributed by atoms with E-state index in [4.69, 9.17) is 0 Å². The lowest BCUT2D eigenvalue weighted by Crippen LogP contribution is -2.24. The topological polar surface area (TPSA) is 79.9 Å². The SMILES string of the molecule is COC(=O)c1n[nH]c(CC2CCCN2)n1. The minimum absolute atomic E-state index is 0.102. The number of methoxy groups -OCH3 is 1. The van der Waals surface area contributed by atoms with E-state index in [0.29, 0.717) is 6.04 Å². The van der Waals surface area contributed by atoms with Gasteiger partial charge in [-0.3, -0.25) is 5.10 Å². The Morgan fingerprint density at radius 2 is 2.53 bits per heavy atom. The summed E-state index contributed by atoms with van der Waals surface area (Å²) in [7, 11) is 1.32. The van der Waals surface area contributed by atoms with Crippen LogP contribution in [0, 0.1) is 0 Å². The Labute approximate surface area is 87.4 Å². The van der Waals surface area contributed by atoms with Crippen molar-refractivity contribution in [3.63, 3.8) is 0 Å². The molecule has 0 aromatic carbocycles. The average molecular weight is 210 g/mol. The molecule has 2 rings (SSSR count). The highest BCUT2D eigenvalue weighted by Gasteiger charge is 2.18. The maximum atomic E-state index is 11.1. The van der Waals surface area contributed by atoms with Gasteiger partial charge in [0, 0.05) is 12.5 Å². The molecular formula is C9H14N4O2. The van der Waals surface area contributed by atoms with Crippen molar-refractivity contribution in [2.45, 2.75) is 25.3 Å². The monoisotopic (exact) mass is 210 g/mol. The van der Waals surface area contributed by atoms with Crippen molar-refractivity contribution < 1.29 is 9.53 Å². The first-order chi connectivity index (χ1) is 7.29. The number of carbonyl (C=O) groups excluding carboxylic acids is 1. The van der Waals surface area contributed by atoms with Gasteiger partial charge in [-0.25, -0.2) is 9.78 Å². The van der Waals surface area contributed by atoms with Crippen molar-refractivity contribution >= 4 is 5.97 Å². The maximum absolute atomic E-state index is 11.1. The first-order valence-electron chi connectivity index (χ1n) is 5.02. The number of aromatic nitrogens is 3. The molecule has 0 radical (unpaired) electrons. The first-order valence-corrected chi connectivity index (χ1v) is 5.02. The van der Waals surface area contributed by atoms with Crippen LogP contribution in [0.15, 0.2) is 0 Å². The summed E-state index contributed by atoms with van der Waals surface area (Å²) in [5.41, 5.74) is 0. The molecule has 6 nitrogen and oxygen atoms in total. The van der Waals surface area contributed by atoms with Crippen LogP contribution >= 0.6 is 0 Å². The van der Waals surface area contributed by atoms with Crippen LogP contribution in [0.5, 0.6) is 0 Å². The summed E-state index contributed by atoms with van der Waals surface area (Å²) in [6.07, 6.45) is 3.13. The van der Waals surface area contributed by atoms with Gasteiger partial charge in [-0.1, -0.05) is 0 Å². The van der Waals surface area contributed by atoms with Gasteiger partial charge in [0.1, 0.15) is 5.82 Å². The molecule has 0 amide bonds. The van der Waals surface area contributed by atoms with Gasteiger partial charge in [0.25, 0.3) is 5.82 Å². The van der Waals surface area contributed by atoms with Gasteiger partial charge in [0.15, 0.2) is 0 Å². The summed E-state index contributed by atoms with van der Waals surface area (Å²) >= 11 is 0. The molecular weight excluding hydrogens is 196 g/mol. The molecule has 1 fully saturated rings. The zero-order chi connectivity index (χ0) is 10.7. The van der Waals surface area contributed by atoms with E-state index < -0.39 is 5.97 Å². The fourth-order valence-electron chi connectivity index (χ4n) is 1.73. The molecule has 1 aromatic heterocycles. The Balaban J connectivity index is 1.97. The fourth-order valence-corrected chi connectivity index (χ4v) is 1.73. The number of hydrogen-bond donors (Lipinski definition) is 2. The number of nitrogens with zero attached hydrogens (tertiary/aromatic N) is 2. The molecule has 2 N–H and O–H groups in total. The van der Waals surface area contributed by atoms with Crippen molar-refractivity contribution in [2.24, 2.45) is 0 Å². The van der Waals surface area contributed by atoms with Crippen LogP contribution < -0.4 is 5.32 Å². The van der Waals surface area contributed by atoms with Gasteiger partial charge in [-0.05, 0) is 19.4 Å². The summed E-state index contributed by atoms with van der Waals surface area (Å²) in [6, 6.07) is 0.448. The van der Waals surface area contributed by atoms with Crippen LogP contribution in [0.1, 0.15) is 29.3 Å². The summed E-state index contributed by atoms with van der Waals surface area (Å²) in [5, 5.41) is 9.89. The second kappa shape index (κ2) is 4.39. The number of carbonyl (C=O) groups is 1. The fraction of sp³-hybridized carbons (Fsp3) is 0.667. The molecule has 0 aliphatic carbocycles. The molecule has 0 saturated carbocycles. The summed E-state index contributed by atoms with van der Waals surface area (Å²) < 4.78 is 4.52. The quantitative estimate of drug-likeness (QED) is 0.680. The minimum atomic E-state index is -0.503. The second-order valence-corrected chi connectivity index (χ2v) is 3.59. The van der Waals surface area contributed by atoms with Crippen LogP contribution in [0.3, 0.4) is 0 Å². The third kappa shape index (κ3) is 2.33. The second-order valence-electron chi connectivity index (χ2n) is 3.59. The predicted molar refractivity (Wildman–Crippen MR) is 52.5 cm³/mol. The molecule has 1 unspecified atom stereocenters. The van der Waals surface area contributed by atoms with E-state index in [1.807, 2.05) is 0 Å². The highest BCUT2D eigenvalue weighted by molar-refractivity contribution is 5.84. The van der Waals surface area contributed by atoms with E-state index in [-0.39, 0.29) is 5.82 Å². The molecule has 2 heterocycles. The first kappa shape index (κ1) is 10.1. The molecule has 1 aliphatic rings. The molecule has 1 atom stereocenters. The lowest BCUT2D eigenvalue weighted by atomic mass is 10.1. The van der Waals surface area contributed by atoms with Gasteiger partial charge in [-0.15, -0.1) is 5.10 Å². The summed E-state index contributed by atoms with van der Waals surface area (Å²) in [5.74, 6) is 0.331. The third-order valence-electron chi connectivity index (χ3n) is 2.50. The number of rotatable bonds is 3. The molecule has 0 bridgehead atoms. The van der Waals surface area contributed by atoms with Crippen LogP contribution in [0.25, 0.3) is 0 Å². The molecule has 1 saturated heterocycles. The molecule has 15 heavy (non-hydrogen) atoms. The zero-order valence-electron chi connectivity index (χ0n) is 8.62. The largest absolute Gasteiger partial charge is 0.463 e. The number of esters is 1. The summed E-state index contributed by atoms with van der Waals surface area (Å²) in [4.78, 5) is 15.1. The standard InChI is InChI=1S/C9H14N4O2/c1-15-9(14)8-11-7(12-13-8)5-6-3-2-4-10-6/h6,10H,2-5H2,1H3,(H,11,12,13). The van der Waals surface area contributed by atoms with E-state index >= 15 is 0 Å². The zero-order valence-corrected chi connectivity index (χ0v) is 8.62. The Morgan fingerprint density at radius 1 is 1.67 bits per heavy atom. The highest BCUT2D eigenvalue weighted by atomic mass is 16.5. The van der Waals surface area contributed by atoms with E-state index in [2.05, 4.69) is 25.2 Å². The predicted octanol–water partition coefficient (Wildman–Crippen LogP) is -0.114. The van der Waals surface area contributed by atoms with Gasteiger partial charge < -0.3 is 10.1 Å². The Hall–Kier alpha value is -1.43. The number of hydrogen-bond acceptors (Lipinski definition) is 5. The van der Waals surface area contributed by atoms with E-state index in [0.717, 1.165) is 25.2 Å². The number of H-pyrrole nitrogens is 1. The maximum Gasteiger partial charge on any atom is 0.377 e. The highest BCUT2D eigenvalue weighted by Crippen LogP contribution is 2.09. The lowest BCUT2D eigenvalue weighted by molar-refractivity contribution is 0.0587. The molecule has 1 aliphatic heterocycles. The number of aromatic amines is 1. The van der Waals surface area contributed by atoms with E-state index in [9.17, 15) is 4.79 Å². The smallest absolute Gasteiger partial charge is 0.377 e. The third-order valence-corrected chi connectivity index (χ3v) is 2.50. The lowest BCUT2D eigenvalue weighted by Gasteiger charge is -2.05. The van der Waals surface area contributed by atoms with Crippen LogP contribution in [-0.2, 0) is 11.2 Å². The van der Waals surface area contributed by atoms with Gasteiger partial charge in [0.05, 0.1) is 7.11 Å². The van der Waals surface area contributed by atoms with Crippen LogP contribution in [0.2, 0.25) is 0 Å². The van der Waals surface area contributed by atoms with Crippen LogP contribution in [0.4, 0.5) is 0 Å². The number of nitrogens with one attached hydrogen (secondary N) is 2. The Bertz CT molecular complexity index is 344. The van der Waals surface area contributed by atoms with Crippen molar-refractivity contribution in [1.29, 1.82) is 0 Å².